The third-order valence-electron chi connectivity index (χ3n) is 4.42. The van der Waals surface area contributed by atoms with Crippen molar-refractivity contribution in [3.8, 4) is 0 Å². The lowest BCUT2D eigenvalue weighted by Gasteiger charge is -2.12. The number of nitrogens with zero attached hydrogens (tertiary/aromatic N) is 2. The van der Waals surface area contributed by atoms with Crippen molar-refractivity contribution in [1.82, 2.24) is 9.13 Å². The van der Waals surface area contributed by atoms with Crippen LogP contribution >= 0.6 is 11.3 Å². The van der Waals surface area contributed by atoms with Crippen LogP contribution in [0.15, 0.2) is 45.3 Å². The van der Waals surface area contributed by atoms with Crippen molar-refractivity contribution in [3.63, 3.8) is 0 Å². The van der Waals surface area contributed by atoms with E-state index in [-0.39, 0.29) is 24.4 Å². The van der Waals surface area contributed by atoms with Crippen LogP contribution in [-0.4, -0.2) is 34.5 Å². The Labute approximate surface area is 170 Å². The van der Waals surface area contributed by atoms with E-state index in [2.05, 4.69) is 5.32 Å². The molecular weight excluding hydrogens is 394 g/mol. The molecule has 0 aliphatic rings. The normalized spacial score (nSPS) is 11.0. The predicted octanol–water partition coefficient (Wildman–Crippen LogP) is 2.10. The van der Waals surface area contributed by atoms with Gasteiger partial charge in [0.1, 0.15) is 11.2 Å². The van der Waals surface area contributed by atoms with Crippen LogP contribution in [0.2, 0.25) is 0 Å². The molecule has 0 saturated heterocycles. The Kier molecular flexibility index (Phi) is 6.40. The molecule has 0 bridgehead atoms. The van der Waals surface area contributed by atoms with Gasteiger partial charge in [-0.25, -0.2) is 4.79 Å². The third kappa shape index (κ3) is 4.52. The number of hydrogen-bond acceptors (Lipinski definition) is 6. The number of benzene rings is 1. The standard InChI is InChI=1S/C20H21N3O5S/c1-13(24)14-5-3-6-15(11-14)21-17(25)12-23-16-7-10-29-18(16)19(26)22(20(23)27)8-4-9-28-2/h3,5-7,10-11H,4,8-9,12H2,1-2H3,(H,21,25). The van der Waals surface area contributed by atoms with Crippen molar-refractivity contribution < 1.29 is 14.3 Å². The summed E-state index contributed by atoms with van der Waals surface area (Å²) in [7, 11) is 1.55. The van der Waals surface area contributed by atoms with Crippen molar-refractivity contribution >= 4 is 38.9 Å². The molecule has 3 rings (SSSR count). The summed E-state index contributed by atoms with van der Waals surface area (Å²) in [6.07, 6.45) is 0.507. The van der Waals surface area contributed by atoms with Gasteiger partial charge in [0, 0.05) is 31.5 Å². The van der Waals surface area contributed by atoms with Gasteiger partial charge in [0.2, 0.25) is 5.91 Å². The minimum Gasteiger partial charge on any atom is -0.385 e. The molecule has 8 nitrogen and oxygen atoms in total. The summed E-state index contributed by atoms with van der Waals surface area (Å²) in [5.74, 6) is -0.539. The smallest absolute Gasteiger partial charge is 0.332 e. The van der Waals surface area contributed by atoms with Crippen molar-refractivity contribution in [1.29, 1.82) is 0 Å². The molecule has 0 aliphatic carbocycles. The molecule has 3 aromatic rings. The first-order chi connectivity index (χ1) is 13.9. The van der Waals surface area contributed by atoms with E-state index in [1.165, 1.54) is 22.8 Å². The monoisotopic (exact) mass is 415 g/mol. The maximum absolute atomic E-state index is 12.9. The number of nitrogens with one attached hydrogen (secondary N) is 1. The summed E-state index contributed by atoms with van der Waals surface area (Å²) in [6.45, 7) is 1.82. The molecule has 0 unspecified atom stereocenters. The van der Waals surface area contributed by atoms with Crippen LogP contribution in [0.1, 0.15) is 23.7 Å². The molecule has 1 N–H and O–H groups in total. The SMILES string of the molecule is COCCCn1c(=O)c2sccc2n(CC(=O)Nc2cccc(C(C)=O)c2)c1=O. The van der Waals surface area contributed by atoms with E-state index in [4.69, 9.17) is 4.74 Å². The van der Waals surface area contributed by atoms with Crippen LogP contribution in [0.3, 0.4) is 0 Å². The average Bonchev–Trinajstić information content (AvgIpc) is 3.18. The topological polar surface area (TPSA) is 99.4 Å². The number of thiophene rings is 1. The van der Waals surface area contributed by atoms with E-state index in [9.17, 15) is 19.2 Å². The summed E-state index contributed by atoms with van der Waals surface area (Å²) in [6, 6.07) is 8.23. The number of methoxy groups -OCH3 is 1. The Morgan fingerprint density at radius 3 is 2.69 bits per heavy atom. The summed E-state index contributed by atoms with van der Waals surface area (Å²) in [4.78, 5) is 49.6. The number of rotatable bonds is 8. The average molecular weight is 415 g/mol. The summed E-state index contributed by atoms with van der Waals surface area (Å²) in [5.41, 5.74) is 0.477. The highest BCUT2D eigenvalue weighted by molar-refractivity contribution is 7.17. The highest BCUT2D eigenvalue weighted by atomic mass is 32.1. The van der Waals surface area contributed by atoms with Crippen LogP contribution in [0, 0.1) is 0 Å². The number of fused-ring (bicyclic) bond motifs is 1. The Hall–Kier alpha value is -3.04. The van der Waals surface area contributed by atoms with Gasteiger partial charge in [0.15, 0.2) is 5.78 Å². The Morgan fingerprint density at radius 2 is 1.97 bits per heavy atom. The van der Waals surface area contributed by atoms with Crippen LogP contribution in [0.5, 0.6) is 0 Å². The van der Waals surface area contributed by atoms with Gasteiger partial charge in [0.25, 0.3) is 5.56 Å². The molecule has 1 aromatic carbocycles. The molecule has 2 aromatic heterocycles. The minimum absolute atomic E-state index is 0.111. The zero-order chi connectivity index (χ0) is 21.0. The predicted molar refractivity (Wildman–Crippen MR) is 112 cm³/mol. The fraction of sp³-hybridized carbons (Fsp3) is 0.300. The summed E-state index contributed by atoms with van der Waals surface area (Å²) < 4.78 is 7.85. The lowest BCUT2D eigenvalue weighted by molar-refractivity contribution is -0.116. The van der Waals surface area contributed by atoms with E-state index >= 15 is 0 Å². The molecule has 0 atom stereocenters. The van der Waals surface area contributed by atoms with Crippen molar-refractivity contribution in [3.05, 3.63) is 62.1 Å². The van der Waals surface area contributed by atoms with E-state index in [0.717, 1.165) is 4.57 Å². The molecule has 0 aliphatic heterocycles. The number of aromatic nitrogens is 2. The van der Waals surface area contributed by atoms with Gasteiger partial charge >= 0.3 is 5.69 Å². The number of hydrogen-bond donors (Lipinski definition) is 1. The molecule has 29 heavy (non-hydrogen) atoms. The fourth-order valence-electron chi connectivity index (χ4n) is 3.01. The zero-order valence-electron chi connectivity index (χ0n) is 16.1. The van der Waals surface area contributed by atoms with Crippen molar-refractivity contribution in [2.24, 2.45) is 0 Å². The molecule has 2 heterocycles. The van der Waals surface area contributed by atoms with E-state index in [0.29, 0.717) is 34.5 Å². The zero-order valence-corrected chi connectivity index (χ0v) is 17.0. The number of anilines is 1. The van der Waals surface area contributed by atoms with Crippen molar-refractivity contribution in [2.45, 2.75) is 26.4 Å². The number of ether oxygens (including phenoxy) is 1. The van der Waals surface area contributed by atoms with Gasteiger partial charge in [-0.2, -0.15) is 0 Å². The highest BCUT2D eigenvalue weighted by Gasteiger charge is 2.16. The van der Waals surface area contributed by atoms with Gasteiger partial charge in [-0.3, -0.25) is 23.5 Å². The van der Waals surface area contributed by atoms with Crippen LogP contribution in [0.4, 0.5) is 5.69 Å². The lowest BCUT2D eigenvalue weighted by atomic mass is 10.1. The van der Waals surface area contributed by atoms with Gasteiger partial charge in [0.05, 0.1) is 5.52 Å². The second kappa shape index (κ2) is 8.97. The molecule has 0 fully saturated rings. The number of ketones is 1. The fourth-order valence-corrected chi connectivity index (χ4v) is 3.85. The first kappa shape index (κ1) is 20.7. The molecule has 1 amide bonds. The van der Waals surface area contributed by atoms with Gasteiger partial charge in [-0.1, -0.05) is 12.1 Å². The first-order valence-corrected chi connectivity index (χ1v) is 9.91. The van der Waals surface area contributed by atoms with Crippen molar-refractivity contribution in [2.75, 3.05) is 19.0 Å². The molecule has 0 saturated carbocycles. The summed E-state index contributed by atoms with van der Waals surface area (Å²) in [5, 5.41) is 4.42. The Morgan fingerprint density at radius 1 is 1.17 bits per heavy atom. The Bertz CT molecular complexity index is 1170. The maximum atomic E-state index is 12.9. The third-order valence-corrected chi connectivity index (χ3v) is 5.31. The quantitative estimate of drug-likeness (QED) is 0.449. The van der Waals surface area contributed by atoms with E-state index in [1.807, 2.05) is 0 Å². The minimum atomic E-state index is -0.537. The molecule has 0 spiro atoms. The first-order valence-electron chi connectivity index (χ1n) is 9.03. The van der Waals surface area contributed by atoms with Crippen LogP contribution in [-0.2, 0) is 22.6 Å². The lowest BCUT2D eigenvalue weighted by Crippen LogP contribution is -2.41. The molecule has 9 heteroatoms. The van der Waals surface area contributed by atoms with E-state index < -0.39 is 11.6 Å². The van der Waals surface area contributed by atoms with Gasteiger partial charge in [-0.05, 0) is 36.9 Å². The molecule has 0 radical (unpaired) electrons. The second-order valence-corrected chi connectivity index (χ2v) is 7.41. The number of amides is 1. The largest absolute Gasteiger partial charge is 0.385 e. The van der Waals surface area contributed by atoms with Gasteiger partial charge in [-0.15, -0.1) is 11.3 Å². The number of carbonyl (C=O) groups excluding carboxylic acids is 2. The maximum Gasteiger partial charge on any atom is 0.332 e. The molecule has 152 valence electrons. The van der Waals surface area contributed by atoms with E-state index in [1.54, 1.807) is 42.8 Å². The Balaban J connectivity index is 1.91. The van der Waals surface area contributed by atoms with Crippen LogP contribution in [0.25, 0.3) is 10.2 Å². The molecular formula is C20H21N3O5S. The van der Waals surface area contributed by atoms with Gasteiger partial charge < -0.3 is 10.1 Å². The highest BCUT2D eigenvalue weighted by Crippen LogP contribution is 2.16. The van der Waals surface area contributed by atoms with Crippen LogP contribution < -0.4 is 16.6 Å². The number of Topliss-reactive ketones (excluding diaryl/α,β-unsaturated/α-hetero) is 1. The summed E-state index contributed by atoms with van der Waals surface area (Å²) >= 11 is 1.23. The second-order valence-electron chi connectivity index (χ2n) is 6.49. The number of carbonyl (C=O) groups is 2.